The van der Waals surface area contributed by atoms with E-state index in [1.165, 1.54) is 37.0 Å². The minimum atomic E-state index is -0.745. The van der Waals surface area contributed by atoms with Crippen LogP contribution in [0.2, 0.25) is 0 Å². The van der Waals surface area contributed by atoms with Crippen molar-refractivity contribution in [2.45, 2.75) is 97.8 Å². The third kappa shape index (κ3) is 13.1. The van der Waals surface area contributed by atoms with E-state index in [9.17, 15) is 14.4 Å². The van der Waals surface area contributed by atoms with Gasteiger partial charge in [-0.1, -0.05) is 59.3 Å². The van der Waals surface area contributed by atoms with Crippen LogP contribution in [-0.2, 0) is 14.2 Å². The van der Waals surface area contributed by atoms with E-state index in [0.29, 0.717) is 0 Å². The number of benzene rings is 1. The molecular weight excluding hydrogens is 456 g/mol. The maximum Gasteiger partial charge on any atom is 0.343 e. The molecule has 0 aliphatic carbocycles. The van der Waals surface area contributed by atoms with Crippen molar-refractivity contribution in [2.75, 3.05) is 0 Å². The highest BCUT2D eigenvalue weighted by atomic mass is 16.5. The topological polar surface area (TPSA) is 78.9 Å². The molecule has 0 fully saturated rings. The summed E-state index contributed by atoms with van der Waals surface area (Å²) in [5, 5.41) is 0. The Morgan fingerprint density at radius 1 is 0.583 bits per heavy atom. The second-order valence-electron chi connectivity index (χ2n) is 8.58. The van der Waals surface area contributed by atoms with Gasteiger partial charge in [0.2, 0.25) is 0 Å². The molecule has 0 aromatic heterocycles. The van der Waals surface area contributed by atoms with Crippen LogP contribution in [0.5, 0.6) is 0 Å². The predicted octanol–water partition coefficient (Wildman–Crippen LogP) is 8.44. The highest BCUT2D eigenvalue weighted by Crippen LogP contribution is 2.17. The third-order valence-electron chi connectivity index (χ3n) is 5.43. The third-order valence-corrected chi connectivity index (χ3v) is 5.43. The maximum atomic E-state index is 12.8. The summed E-state index contributed by atoms with van der Waals surface area (Å²) < 4.78 is 15.6. The lowest BCUT2D eigenvalue weighted by molar-refractivity contribution is 0.0615. The highest BCUT2D eigenvalue weighted by Gasteiger charge is 2.21. The smallest absolute Gasteiger partial charge is 0.343 e. The van der Waals surface area contributed by atoms with E-state index >= 15 is 0 Å². The largest absolute Gasteiger partial charge is 0.431 e. The first kappa shape index (κ1) is 30.9. The van der Waals surface area contributed by atoms with E-state index in [4.69, 9.17) is 14.2 Å². The van der Waals surface area contributed by atoms with Crippen LogP contribution in [-0.4, -0.2) is 17.9 Å². The average Bonchev–Trinajstić information content (AvgIpc) is 2.89. The summed E-state index contributed by atoms with van der Waals surface area (Å²) in [7, 11) is 0. The summed E-state index contributed by atoms with van der Waals surface area (Å²) in [6, 6.07) is 4.13. The molecule has 0 radical (unpaired) electrons. The van der Waals surface area contributed by atoms with E-state index in [-0.39, 0.29) is 16.7 Å². The Morgan fingerprint density at radius 2 is 1.00 bits per heavy atom. The van der Waals surface area contributed by atoms with Crippen LogP contribution in [0.1, 0.15) is 129 Å². The second-order valence-corrected chi connectivity index (χ2v) is 8.58. The molecule has 0 saturated heterocycles. The first-order valence-corrected chi connectivity index (χ1v) is 13.3. The summed E-state index contributed by atoms with van der Waals surface area (Å²) in [4.78, 5) is 37.9. The van der Waals surface area contributed by atoms with Gasteiger partial charge in [-0.25, -0.2) is 14.4 Å². The predicted molar refractivity (Wildman–Crippen MR) is 143 cm³/mol. The molecule has 6 heteroatoms. The molecular formula is C30H42O6. The van der Waals surface area contributed by atoms with Gasteiger partial charge >= 0.3 is 17.9 Å². The van der Waals surface area contributed by atoms with Gasteiger partial charge in [-0.2, -0.15) is 0 Å². The number of carbonyl (C=O) groups is 3. The van der Waals surface area contributed by atoms with Crippen molar-refractivity contribution in [1.82, 2.24) is 0 Å². The molecule has 0 aliphatic heterocycles. The van der Waals surface area contributed by atoms with E-state index < -0.39 is 17.9 Å². The fourth-order valence-electron chi connectivity index (χ4n) is 3.28. The Labute approximate surface area is 216 Å². The fourth-order valence-corrected chi connectivity index (χ4v) is 3.28. The number of unbranched alkanes of at least 4 members (excludes halogenated alkanes) is 9. The number of ether oxygens (including phenoxy) is 3. The molecule has 0 bridgehead atoms. The molecule has 0 amide bonds. The number of hydrogen-bond acceptors (Lipinski definition) is 6. The van der Waals surface area contributed by atoms with Crippen LogP contribution in [0.25, 0.3) is 0 Å². The van der Waals surface area contributed by atoms with Crippen molar-refractivity contribution < 1.29 is 28.6 Å². The van der Waals surface area contributed by atoms with Crippen LogP contribution >= 0.6 is 0 Å². The molecule has 1 aromatic carbocycles. The summed E-state index contributed by atoms with van der Waals surface area (Å²) in [5.41, 5.74) is 0.0990. The highest BCUT2D eigenvalue weighted by molar-refractivity contribution is 6.05. The quantitative estimate of drug-likeness (QED) is 0.0874. The minimum absolute atomic E-state index is 0.0178. The fraction of sp³-hybridized carbons (Fsp3) is 0.500. The Bertz CT molecular complexity index is 881. The Kier molecular flexibility index (Phi) is 17.2. The summed E-state index contributed by atoms with van der Waals surface area (Å²) in [6.07, 6.45) is 21.4. The van der Waals surface area contributed by atoms with Crippen LogP contribution in [0.3, 0.4) is 0 Å². The zero-order chi connectivity index (χ0) is 26.4. The van der Waals surface area contributed by atoms with Crippen LogP contribution in [0.4, 0.5) is 0 Å². The molecule has 198 valence electrons. The Hall–Kier alpha value is -3.15. The first-order valence-electron chi connectivity index (χ1n) is 13.3. The lowest BCUT2D eigenvalue weighted by atomic mass is 10.0. The molecule has 6 nitrogen and oxygen atoms in total. The molecule has 1 aromatic rings. The van der Waals surface area contributed by atoms with Gasteiger partial charge in [-0.05, 0) is 75.0 Å². The Balaban J connectivity index is 2.94. The van der Waals surface area contributed by atoms with Gasteiger partial charge in [0.15, 0.2) is 0 Å². The zero-order valence-electron chi connectivity index (χ0n) is 22.1. The van der Waals surface area contributed by atoms with Crippen molar-refractivity contribution in [3.63, 3.8) is 0 Å². The monoisotopic (exact) mass is 498 g/mol. The van der Waals surface area contributed by atoms with E-state index in [2.05, 4.69) is 20.8 Å². The van der Waals surface area contributed by atoms with Crippen molar-refractivity contribution >= 4 is 17.9 Å². The number of hydrogen-bond donors (Lipinski definition) is 0. The SMILES string of the molecule is CCCCCC=COC(=O)c1ccc(C(=O)OC=CCCCCC)c(C(=O)OC=CCCCCC)c1. The van der Waals surface area contributed by atoms with Gasteiger partial charge in [0.1, 0.15) is 0 Å². The van der Waals surface area contributed by atoms with Gasteiger partial charge in [-0.3, -0.25) is 0 Å². The van der Waals surface area contributed by atoms with Gasteiger partial charge in [0.25, 0.3) is 0 Å². The molecule has 36 heavy (non-hydrogen) atoms. The van der Waals surface area contributed by atoms with Gasteiger partial charge in [-0.15, -0.1) is 0 Å². The number of carbonyl (C=O) groups excluding carboxylic acids is 3. The average molecular weight is 499 g/mol. The molecule has 0 unspecified atom stereocenters. The maximum absolute atomic E-state index is 12.8. The normalized spacial score (nSPS) is 11.4. The van der Waals surface area contributed by atoms with Crippen molar-refractivity contribution in [2.24, 2.45) is 0 Å². The zero-order valence-corrected chi connectivity index (χ0v) is 22.1. The van der Waals surface area contributed by atoms with Gasteiger partial charge < -0.3 is 14.2 Å². The van der Waals surface area contributed by atoms with Crippen LogP contribution < -0.4 is 0 Å². The number of esters is 3. The molecule has 0 N–H and O–H groups in total. The lowest BCUT2D eigenvalue weighted by Crippen LogP contribution is -2.13. The van der Waals surface area contributed by atoms with Crippen molar-refractivity contribution in [3.8, 4) is 0 Å². The minimum Gasteiger partial charge on any atom is -0.431 e. The molecule has 0 atom stereocenters. The van der Waals surface area contributed by atoms with E-state index in [1.54, 1.807) is 18.2 Å². The van der Waals surface area contributed by atoms with E-state index in [0.717, 1.165) is 77.0 Å². The Morgan fingerprint density at radius 3 is 1.44 bits per heavy atom. The molecule has 0 aliphatic rings. The van der Waals surface area contributed by atoms with Crippen molar-refractivity contribution in [3.05, 3.63) is 71.9 Å². The summed E-state index contributed by atoms with van der Waals surface area (Å²) in [6.45, 7) is 6.36. The molecule has 0 saturated carbocycles. The van der Waals surface area contributed by atoms with E-state index in [1.807, 2.05) is 0 Å². The number of allylic oxidation sites excluding steroid dienone is 3. The number of rotatable bonds is 18. The standard InChI is InChI=1S/C30H42O6/c1-4-7-10-13-16-21-34-28(31)25-19-20-26(29(32)35-22-17-14-11-8-5-2)27(24-25)30(33)36-23-18-15-12-9-6-3/h16-24H,4-15H2,1-3H3. The first-order chi connectivity index (χ1) is 17.5. The molecule has 0 spiro atoms. The van der Waals surface area contributed by atoms with Crippen molar-refractivity contribution in [1.29, 1.82) is 0 Å². The summed E-state index contributed by atoms with van der Waals surface area (Å²) >= 11 is 0. The summed E-state index contributed by atoms with van der Waals surface area (Å²) in [5.74, 6) is -2.07. The van der Waals surface area contributed by atoms with Gasteiger partial charge in [0, 0.05) is 0 Å². The molecule has 1 rings (SSSR count). The van der Waals surface area contributed by atoms with Crippen LogP contribution in [0, 0.1) is 0 Å². The van der Waals surface area contributed by atoms with Gasteiger partial charge in [0.05, 0.1) is 35.5 Å². The lowest BCUT2D eigenvalue weighted by Gasteiger charge is -2.08. The second kappa shape index (κ2) is 20.1. The van der Waals surface area contributed by atoms with Crippen LogP contribution in [0.15, 0.2) is 55.2 Å². The molecule has 0 heterocycles.